The van der Waals surface area contributed by atoms with Crippen LogP contribution in [0.25, 0.3) is 27.7 Å². The minimum Gasteiger partial charge on any atom is -0.424 e. The van der Waals surface area contributed by atoms with Crippen LogP contribution in [-0.2, 0) is 22.5 Å². The summed E-state index contributed by atoms with van der Waals surface area (Å²) < 4.78 is 15.7. The van der Waals surface area contributed by atoms with Crippen LogP contribution in [0, 0.1) is 0 Å². The third-order valence-electron chi connectivity index (χ3n) is 5.44. The smallest absolute Gasteiger partial charge is 0.311 e. The topological polar surface area (TPSA) is 70.7 Å². The summed E-state index contributed by atoms with van der Waals surface area (Å²) in [6.07, 6.45) is 5.87. The van der Waals surface area contributed by atoms with Crippen LogP contribution in [0.15, 0.2) is 30.5 Å². The lowest BCUT2D eigenvalue weighted by molar-refractivity contribution is -0.134. The lowest BCUT2D eigenvalue weighted by atomic mass is 10.2. The van der Waals surface area contributed by atoms with Crippen LogP contribution in [0.1, 0.15) is 59.2 Å². The zero-order valence-corrected chi connectivity index (χ0v) is 19.4. The number of ether oxygens (including phenoxy) is 2. The Kier molecular flexibility index (Phi) is 6.74. The van der Waals surface area contributed by atoms with Gasteiger partial charge in [-0.05, 0) is 45.2 Å². The van der Waals surface area contributed by atoms with Gasteiger partial charge < -0.3 is 14.0 Å². The van der Waals surface area contributed by atoms with Gasteiger partial charge >= 0.3 is 5.97 Å². The van der Waals surface area contributed by atoms with Crippen molar-refractivity contribution in [3.8, 4) is 5.75 Å². The molecular weight excluding hydrogens is 404 g/mol. The van der Waals surface area contributed by atoms with E-state index < -0.39 is 0 Å². The number of benzene rings is 1. The Labute approximate surface area is 188 Å². The number of carbonyl (C=O) groups is 1. The number of hydrogen-bond donors (Lipinski definition) is 0. The molecule has 3 aromatic heterocycles. The van der Waals surface area contributed by atoms with Crippen LogP contribution in [0.2, 0.25) is 0 Å². The van der Waals surface area contributed by atoms with E-state index in [4.69, 9.17) is 19.4 Å². The third kappa shape index (κ3) is 4.35. The highest BCUT2D eigenvalue weighted by Gasteiger charge is 2.22. The summed E-state index contributed by atoms with van der Waals surface area (Å²) in [5, 5.41) is 0.787. The SMILES string of the molecule is CCCC(=O)Oc1cn(CCCOC(C)C)c2nc(CCC)n3c4ccccc4nc3c12. The van der Waals surface area contributed by atoms with Gasteiger partial charge in [-0.15, -0.1) is 0 Å². The van der Waals surface area contributed by atoms with Crippen LogP contribution < -0.4 is 4.74 Å². The maximum Gasteiger partial charge on any atom is 0.311 e. The van der Waals surface area contributed by atoms with E-state index in [0.29, 0.717) is 18.8 Å². The molecule has 0 atom stereocenters. The van der Waals surface area contributed by atoms with Gasteiger partial charge in [0.05, 0.1) is 17.1 Å². The number of rotatable bonds is 10. The Morgan fingerprint density at radius 2 is 1.91 bits per heavy atom. The first-order valence-corrected chi connectivity index (χ1v) is 11.6. The van der Waals surface area contributed by atoms with Gasteiger partial charge in [0.15, 0.2) is 11.4 Å². The van der Waals surface area contributed by atoms with Crippen molar-refractivity contribution in [2.75, 3.05) is 6.61 Å². The van der Waals surface area contributed by atoms with Crippen molar-refractivity contribution < 1.29 is 14.3 Å². The summed E-state index contributed by atoms with van der Waals surface area (Å²) in [4.78, 5) is 22.4. The maximum absolute atomic E-state index is 12.4. The molecule has 0 amide bonds. The van der Waals surface area contributed by atoms with E-state index in [1.807, 2.05) is 45.2 Å². The van der Waals surface area contributed by atoms with Crippen molar-refractivity contribution in [2.45, 2.75) is 72.4 Å². The predicted molar refractivity (Wildman–Crippen MR) is 126 cm³/mol. The first-order valence-electron chi connectivity index (χ1n) is 11.6. The van der Waals surface area contributed by atoms with Crippen molar-refractivity contribution in [3.63, 3.8) is 0 Å². The zero-order chi connectivity index (χ0) is 22.7. The molecule has 0 aliphatic carbocycles. The molecule has 0 aliphatic rings. The van der Waals surface area contributed by atoms with E-state index in [2.05, 4.69) is 22.0 Å². The van der Waals surface area contributed by atoms with E-state index in [1.54, 1.807) is 0 Å². The molecule has 3 heterocycles. The van der Waals surface area contributed by atoms with Gasteiger partial charge in [-0.1, -0.05) is 26.0 Å². The van der Waals surface area contributed by atoms with E-state index in [0.717, 1.165) is 65.8 Å². The molecule has 7 nitrogen and oxygen atoms in total. The number of esters is 1. The molecule has 4 aromatic rings. The highest BCUT2D eigenvalue weighted by molar-refractivity contribution is 6.00. The monoisotopic (exact) mass is 436 g/mol. The molecule has 32 heavy (non-hydrogen) atoms. The predicted octanol–water partition coefficient (Wildman–Crippen LogP) is 5.31. The molecular formula is C25H32N4O3. The fourth-order valence-corrected chi connectivity index (χ4v) is 4.05. The molecule has 0 bridgehead atoms. The van der Waals surface area contributed by atoms with Crippen LogP contribution in [0.5, 0.6) is 5.75 Å². The lowest BCUT2D eigenvalue weighted by Crippen LogP contribution is -2.08. The van der Waals surface area contributed by atoms with Gasteiger partial charge in [0.2, 0.25) is 0 Å². The van der Waals surface area contributed by atoms with Gasteiger partial charge in [-0.3, -0.25) is 9.20 Å². The molecule has 0 radical (unpaired) electrons. The van der Waals surface area contributed by atoms with E-state index in [1.165, 1.54) is 0 Å². The van der Waals surface area contributed by atoms with Crippen LogP contribution in [0.4, 0.5) is 0 Å². The first kappa shape index (κ1) is 22.3. The molecule has 4 rings (SSSR count). The fraction of sp³-hybridized carbons (Fsp3) is 0.480. The largest absolute Gasteiger partial charge is 0.424 e. The molecule has 0 N–H and O–H groups in total. The Hall–Kier alpha value is -2.93. The molecule has 1 aromatic carbocycles. The number of para-hydroxylation sites is 2. The number of nitrogens with zero attached hydrogens (tertiary/aromatic N) is 4. The Morgan fingerprint density at radius 1 is 1.09 bits per heavy atom. The van der Waals surface area contributed by atoms with Gasteiger partial charge in [0, 0.05) is 32.2 Å². The Bertz CT molecular complexity index is 1240. The third-order valence-corrected chi connectivity index (χ3v) is 5.44. The van der Waals surface area contributed by atoms with Crippen LogP contribution >= 0.6 is 0 Å². The van der Waals surface area contributed by atoms with Crippen molar-refractivity contribution >= 4 is 33.7 Å². The normalized spacial score (nSPS) is 11.9. The minimum atomic E-state index is -0.235. The summed E-state index contributed by atoms with van der Waals surface area (Å²) in [5.74, 6) is 1.26. The first-order chi connectivity index (χ1) is 15.5. The number of imidazole rings is 1. The van der Waals surface area contributed by atoms with Crippen LogP contribution in [0.3, 0.4) is 0 Å². The average Bonchev–Trinajstić information content (AvgIpc) is 3.30. The maximum atomic E-state index is 12.4. The highest BCUT2D eigenvalue weighted by atomic mass is 16.5. The molecule has 0 saturated carbocycles. The van der Waals surface area contributed by atoms with Gasteiger partial charge in [-0.2, -0.15) is 0 Å². The second-order valence-electron chi connectivity index (χ2n) is 8.42. The number of fused-ring (bicyclic) bond motifs is 5. The average molecular weight is 437 g/mol. The summed E-state index contributed by atoms with van der Waals surface area (Å²) in [7, 11) is 0. The van der Waals surface area contributed by atoms with Crippen molar-refractivity contribution in [1.82, 2.24) is 18.9 Å². The molecule has 0 saturated heterocycles. The van der Waals surface area contributed by atoms with Crippen molar-refractivity contribution in [3.05, 3.63) is 36.3 Å². The van der Waals surface area contributed by atoms with E-state index in [9.17, 15) is 4.79 Å². The second-order valence-corrected chi connectivity index (χ2v) is 8.42. The van der Waals surface area contributed by atoms with Gasteiger partial charge in [0.1, 0.15) is 16.9 Å². The van der Waals surface area contributed by atoms with E-state index in [-0.39, 0.29) is 12.1 Å². The molecule has 0 spiro atoms. The number of hydrogen-bond acceptors (Lipinski definition) is 5. The standard InChI is InChI=1S/C25H32N4O3/c1-5-10-21-27-24-23(25-26-18-12-7-8-13-19(18)29(21)25)20(32-22(30)11-6-2)16-28(24)14-9-15-31-17(3)4/h7-8,12-13,16-17H,5-6,9-11,14-15H2,1-4H3. The Morgan fingerprint density at radius 3 is 2.66 bits per heavy atom. The Balaban J connectivity index is 1.89. The quantitative estimate of drug-likeness (QED) is 0.249. The van der Waals surface area contributed by atoms with Crippen LogP contribution in [-0.4, -0.2) is 37.6 Å². The molecule has 0 aliphatic heterocycles. The van der Waals surface area contributed by atoms with E-state index >= 15 is 0 Å². The number of aromatic nitrogens is 4. The fourth-order valence-electron chi connectivity index (χ4n) is 4.05. The number of aryl methyl sites for hydroxylation is 2. The lowest BCUT2D eigenvalue weighted by Gasteiger charge is -2.10. The minimum absolute atomic E-state index is 0.202. The molecule has 0 unspecified atom stereocenters. The zero-order valence-electron chi connectivity index (χ0n) is 19.4. The highest BCUT2D eigenvalue weighted by Crippen LogP contribution is 2.34. The molecule has 7 heteroatoms. The summed E-state index contributed by atoms with van der Waals surface area (Å²) in [6, 6.07) is 8.07. The second kappa shape index (κ2) is 9.69. The van der Waals surface area contributed by atoms with Crippen molar-refractivity contribution in [2.24, 2.45) is 0 Å². The van der Waals surface area contributed by atoms with Gasteiger partial charge in [0.25, 0.3) is 0 Å². The molecule has 0 fully saturated rings. The summed E-state index contributed by atoms with van der Waals surface area (Å²) in [5.41, 5.74) is 3.52. The molecule has 170 valence electrons. The number of carbonyl (C=O) groups excluding carboxylic acids is 1. The van der Waals surface area contributed by atoms with Gasteiger partial charge in [-0.25, -0.2) is 9.97 Å². The summed E-state index contributed by atoms with van der Waals surface area (Å²) >= 11 is 0. The summed E-state index contributed by atoms with van der Waals surface area (Å²) in [6.45, 7) is 9.58. The van der Waals surface area contributed by atoms with Crippen molar-refractivity contribution in [1.29, 1.82) is 0 Å².